The lowest BCUT2D eigenvalue weighted by atomic mass is 10.1. The minimum atomic E-state index is 0.689. The van der Waals surface area contributed by atoms with Crippen molar-refractivity contribution in [2.45, 2.75) is 0 Å². The lowest BCUT2D eigenvalue weighted by Crippen LogP contribution is -1.93. The number of aromatic nitrogens is 4. The SMILES string of the molecule is Cn1nc(-c2nc3ccc(Cl)cc3[nH]2)cc1-c1ccccc1. The normalized spacial score (nSPS) is 11.2. The van der Waals surface area contributed by atoms with Crippen LogP contribution in [0.4, 0.5) is 0 Å². The average Bonchev–Trinajstić information content (AvgIpc) is 3.11. The van der Waals surface area contributed by atoms with Crippen molar-refractivity contribution >= 4 is 22.6 Å². The molecule has 0 unspecified atom stereocenters. The molecule has 2 heterocycles. The van der Waals surface area contributed by atoms with E-state index in [9.17, 15) is 0 Å². The number of imidazole rings is 1. The van der Waals surface area contributed by atoms with Gasteiger partial charge in [-0.1, -0.05) is 41.9 Å². The molecule has 0 amide bonds. The minimum absolute atomic E-state index is 0.689. The zero-order valence-electron chi connectivity index (χ0n) is 11.9. The van der Waals surface area contributed by atoms with Crippen LogP contribution in [0.3, 0.4) is 0 Å². The summed E-state index contributed by atoms with van der Waals surface area (Å²) in [6.07, 6.45) is 0. The Hall–Kier alpha value is -2.59. The number of hydrogen-bond donors (Lipinski definition) is 1. The number of hydrogen-bond acceptors (Lipinski definition) is 2. The van der Waals surface area contributed by atoms with E-state index in [4.69, 9.17) is 11.6 Å². The summed E-state index contributed by atoms with van der Waals surface area (Å²) >= 11 is 6.02. The van der Waals surface area contributed by atoms with Gasteiger partial charge in [0, 0.05) is 12.1 Å². The molecule has 0 fully saturated rings. The monoisotopic (exact) mass is 308 g/mol. The molecule has 0 saturated heterocycles. The molecule has 22 heavy (non-hydrogen) atoms. The van der Waals surface area contributed by atoms with Gasteiger partial charge in [0.25, 0.3) is 0 Å². The molecule has 0 saturated carbocycles. The highest BCUT2D eigenvalue weighted by atomic mass is 35.5. The molecule has 0 spiro atoms. The van der Waals surface area contributed by atoms with Gasteiger partial charge < -0.3 is 4.98 Å². The Bertz CT molecular complexity index is 953. The summed E-state index contributed by atoms with van der Waals surface area (Å²) in [5.41, 5.74) is 4.78. The summed E-state index contributed by atoms with van der Waals surface area (Å²) in [6.45, 7) is 0. The fraction of sp³-hybridized carbons (Fsp3) is 0.0588. The zero-order chi connectivity index (χ0) is 15.1. The summed E-state index contributed by atoms with van der Waals surface area (Å²) in [7, 11) is 1.94. The van der Waals surface area contributed by atoms with E-state index in [0.29, 0.717) is 5.02 Å². The maximum absolute atomic E-state index is 6.02. The number of benzene rings is 2. The number of halogens is 1. The molecular formula is C17H13ClN4. The van der Waals surface area contributed by atoms with Crippen LogP contribution in [0.5, 0.6) is 0 Å². The maximum Gasteiger partial charge on any atom is 0.159 e. The Kier molecular flexibility index (Phi) is 2.98. The molecule has 0 aliphatic carbocycles. The van der Waals surface area contributed by atoms with E-state index < -0.39 is 0 Å². The van der Waals surface area contributed by atoms with Crippen LogP contribution in [0.15, 0.2) is 54.6 Å². The molecular weight excluding hydrogens is 296 g/mol. The van der Waals surface area contributed by atoms with Crippen molar-refractivity contribution in [3.05, 3.63) is 59.6 Å². The summed E-state index contributed by atoms with van der Waals surface area (Å²) in [5, 5.41) is 5.25. The van der Waals surface area contributed by atoms with E-state index in [0.717, 1.165) is 33.8 Å². The molecule has 4 nitrogen and oxygen atoms in total. The molecule has 0 atom stereocenters. The average molecular weight is 309 g/mol. The number of nitrogens with one attached hydrogen (secondary N) is 1. The molecule has 0 bridgehead atoms. The number of nitrogens with zero attached hydrogens (tertiary/aromatic N) is 3. The third-order valence-electron chi connectivity index (χ3n) is 3.64. The number of aromatic amines is 1. The Labute approximate surface area is 132 Å². The summed E-state index contributed by atoms with van der Waals surface area (Å²) < 4.78 is 1.87. The van der Waals surface area contributed by atoms with Crippen LogP contribution in [-0.4, -0.2) is 19.7 Å². The van der Waals surface area contributed by atoms with E-state index in [1.54, 1.807) is 0 Å². The van der Waals surface area contributed by atoms with E-state index in [-0.39, 0.29) is 0 Å². The van der Waals surface area contributed by atoms with Gasteiger partial charge in [0.2, 0.25) is 0 Å². The van der Waals surface area contributed by atoms with Crippen LogP contribution < -0.4 is 0 Å². The summed E-state index contributed by atoms with van der Waals surface area (Å²) in [6, 6.07) is 17.8. The predicted molar refractivity (Wildman–Crippen MR) is 88.7 cm³/mol. The highest BCUT2D eigenvalue weighted by Crippen LogP contribution is 2.26. The van der Waals surface area contributed by atoms with Crippen molar-refractivity contribution in [3.8, 4) is 22.8 Å². The van der Waals surface area contributed by atoms with Crippen LogP contribution >= 0.6 is 11.6 Å². The van der Waals surface area contributed by atoms with Crippen LogP contribution in [0.25, 0.3) is 33.8 Å². The molecule has 0 aliphatic heterocycles. The van der Waals surface area contributed by atoms with Gasteiger partial charge in [-0.3, -0.25) is 4.68 Å². The van der Waals surface area contributed by atoms with Crippen molar-refractivity contribution in [1.29, 1.82) is 0 Å². The molecule has 0 radical (unpaired) electrons. The van der Waals surface area contributed by atoms with Gasteiger partial charge in [0.1, 0.15) is 5.69 Å². The molecule has 1 N–H and O–H groups in total. The first-order valence-corrected chi connectivity index (χ1v) is 7.33. The standard InChI is InChI=1S/C17H13ClN4/c1-22-16(11-5-3-2-4-6-11)10-15(21-22)17-19-13-8-7-12(18)9-14(13)20-17/h2-10H,1H3,(H,19,20). The fourth-order valence-corrected chi connectivity index (χ4v) is 2.74. The van der Waals surface area contributed by atoms with Crippen LogP contribution in [0.1, 0.15) is 0 Å². The molecule has 5 heteroatoms. The lowest BCUT2D eigenvalue weighted by molar-refractivity contribution is 0.777. The van der Waals surface area contributed by atoms with Gasteiger partial charge in [0.15, 0.2) is 5.82 Å². The second-order valence-corrected chi connectivity index (χ2v) is 5.59. The smallest absolute Gasteiger partial charge is 0.159 e. The maximum atomic E-state index is 6.02. The van der Waals surface area contributed by atoms with Crippen LogP contribution in [0, 0.1) is 0 Å². The number of rotatable bonds is 2. The summed E-state index contributed by atoms with van der Waals surface area (Å²) in [4.78, 5) is 7.86. The predicted octanol–water partition coefficient (Wildman–Crippen LogP) is 4.28. The molecule has 2 aromatic carbocycles. The number of fused-ring (bicyclic) bond motifs is 1. The topological polar surface area (TPSA) is 46.5 Å². The number of aryl methyl sites for hydroxylation is 1. The van der Waals surface area contributed by atoms with Crippen molar-refractivity contribution in [1.82, 2.24) is 19.7 Å². The Morgan fingerprint density at radius 3 is 2.68 bits per heavy atom. The molecule has 4 aromatic rings. The second-order valence-electron chi connectivity index (χ2n) is 5.15. The Balaban J connectivity index is 1.82. The first-order chi connectivity index (χ1) is 10.7. The van der Waals surface area contributed by atoms with E-state index >= 15 is 0 Å². The molecule has 108 valence electrons. The lowest BCUT2D eigenvalue weighted by Gasteiger charge is -1.99. The van der Waals surface area contributed by atoms with Crippen molar-refractivity contribution in [2.75, 3.05) is 0 Å². The Morgan fingerprint density at radius 2 is 1.86 bits per heavy atom. The summed E-state index contributed by atoms with van der Waals surface area (Å²) in [5.74, 6) is 0.745. The third-order valence-corrected chi connectivity index (χ3v) is 3.87. The van der Waals surface area contributed by atoms with Gasteiger partial charge in [-0.05, 0) is 29.8 Å². The van der Waals surface area contributed by atoms with Gasteiger partial charge in [-0.2, -0.15) is 5.10 Å². The van der Waals surface area contributed by atoms with Crippen LogP contribution in [0.2, 0.25) is 5.02 Å². The second kappa shape index (κ2) is 5.00. The quantitative estimate of drug-likeness (QED) is 0.600. The van der Waals surface area contributed by atoms with Crippen LogP contribution in [-0.2, 0) is 7.05 Å². The van der Waals surface area contributed by atoms with Gasteiger partial charge in [-0.25, -0.2) is 4.98 Å². The van der Waals surface area contributed by atoms with E-state index in [2.05, 4.69) is 27.2 Å². The number of H-pyrrole nitrogens is 1. The first-order valence-electron chi connectivity index (χ1n) is 6.96. The third kappa shape index (κ3) is 2.18. The van der Waals surface area contributed by atoms with Crippen molar-refractivity contribution < 1.29 is 0 Å². The zero-order valence-corrected chi connectivity index (χ0v) is 12.7. The van der Waals surface area contributed by atoms with Crippen molar-refractivity contribution in [2.24, 2.45) is 7.05 Å². The highest BCUT2D eigenvalue weighted by molar-refractivity contribution is 6.31. The Morgan fingerprint density at radius 1 is 1.05 bits per heavy atom. The minimum Gasteiger partial charge on any atom is -0.337 e. The van der Waals surface area contributed by atoms with Gasteiger partial charge in [0.05, 0.1) is 16.7 Å². The highest BCUT2D eigenvalue weighted by Gasteiger charge is 2.12. The molecule has 0 aliphatic rings. The largest absolute Gasteiger partial charge is 0.337 e. The first kappa shape index (κ1) is 13.1. The fourth-order valence-electron chi connectivity index (χ4n) is 2.57. The van der Waals surface area contributed by atoms with E-state index in [1.165, 1.54) is 0 Å². The molecule has 4 rings (SSSR count). The van der Waals surface area contributed by atoms with Gasteiger partial charge in [-0.15, -0.1) is 0 Å². The van der Waals surface area contributed by atoms with Gasteiger partial charge >= 0.3 is 0 Å². The van der Waals surface area contributed by atoms with E-state index in [1.807, 2.05) is 54.2 Å². The van der Waals surface area contributed by atoms with Crippen molar-refractivity contribution in [3.63, 3.8) is 0 Å². The molecule has 2 aromatic heterocycles.